The van der Waals surface area contributed by atoms with Gasteiger partial charge in [-0.25, -0.2) is 19.4 Å². The Morgan fingerprint density at radius 2 is 1.22 bits per heavy atom. The van der Waals surface area contributed by atoms with E-state index in [-0.39, 0.29) is 12.8 Å². The molecule has 0 amide bonds. The first-order chi connectivity index (χ1) is 22.9. The zero-order chi connectivity index (χ0) is 38.1. The highest BCUT2D eigenvalue weighted by Gasteiger charge is 2.85. The third kappa shape index (κ3) is 11.2. The Labute approximate surface area is 274 Å². The second kappa shape index (κ2) is 16.7. The van der Waals surface area contributed by atoms with Crippen LogP contribution >= 0.6 is 0 Å². The predicted molar refractivity (Wildman–Crippen MR) is 142 cm³/mol. The van der Waals surface area contributed by atoms with Gasteiger partial charge in [0.25, 0.3) is 0 Å². The number of alkyl halides is 15. The molecule has 0 aliphatic carbocycles. The molecule has 0 unspecified atom stereocenters. The Morgan fingerprint density at radius 1 is 0.640 bits per heavy atom. The Kier molecular flexibility index (Phi) is 14.2. The minimum atomic E-state index is -7.92. The summed E-state index contributed by atoms with van der Waals surface area (Å²) in [4.78, 5) is 8.47. The van der Waals surface area contributed by atoms with Gasteiger partial charge in [-0.1, -0.05) is 38.0 Å². The van der Waals surface area contributed by atoms with Gasteiger partial charge in [0, 0.05) is 24.2 Å². The largest absolute Gasteiger partial charge is 0.490 e. The Hall–Kier alpha value is -3.51. The van der Waals surface area contributed by atoms with Crippen LogP contribution in [-0.4, -0.2) is 72.2 Å². The van der Waals surface area contributed by atoms with Crippen LogP contribution in [0.25, 0.3) is 11.4 Å². The van der Waals surface area contributed by atoms with Gasteiger partial charge < -0.3 is 9.47 Å². The third-order valence-electron chi connectivity index (χ3n) is 6.12. The molecule has 1 heterocycles. The van der Waals surface area contributed by atoms with Crippen LogP contribution in [-0.2, 0) is 14.2 Å². The van der Waals surface area contributed by atoms with Crippen LogP contribution in [0.1, 0.15) is 51.0 Å². The van der Waals surface area contributed by atoms with Gasteiger partial charge in [-0.2, -0.15) is 65.9 Å². The van der Waals surface area contributed by atoms with Crippen LogP contribution in [0.2, 0.25) is 0 Å². The minimum Gasteiger partial charge on any atom is -0.490 e. The molecule has 0 atom stereocenters. The van der Waals surface area contributed by atoms with Crippen molar-refractivity contribution in [3.63, 3.8) is 0 Å². The smallest absolute Gasteiger partial charge is 0.460 e. The number of hydrogen-bond donors (Lipinski definition) is 0. The maximum Gasteiger partial charge on any atom is 0.460 e. The van der Waals surface area contributed by atoms with Gasteiger partial charge in [-0.15, -0.1) is 0 Å². The fourth-order valence-corrected chi connectivity index (χ4v) is 3.50. The summed E-state index contributed by atoms with van der Waals surface area (Å²) in [6.07, 6.45) is -28.0. The first-order valence-corrected chi connectivity index (χ1v) is 14.2. The van der Waals surface area contributed by atoms with Gasteiger partial charge in [0.15, 0.2) is 11.6 Å². The molecule has 6 nitrogen and oxygen atoms in total. The molecule has 21 heteroatoms. The standard InChI is InChI=1S/C29H27F15N2O4/c1-2-3-4-8-15-48-21-16-45-22(46-17-21)20-12-10-19(11-13-20)9-6-5-7-14-47-18-23(30,31)49-28(41,42)29(43,44)50-27(39,40)25(34,35)24(32,33)26(36,37)38/h10-13,16-17H,2-5,7-8,14-15,18H2,1H3. The number of benzene rings is 1. The van der Waals surface area contributed by atoms with Gasteiger partial charge in [0.2, 0.25) is 0 Å². The number of hydrogen-bond acceptors (Lipinski definition) is 6. The average molecular weight is 753 g/mol. The van der Waals surface area contributed by atoms with Crippen molar-refractivity contribution in [2.24, 2.45) is 0 Å². The van der Waals surface area contributed by atoms with Crippen molar-refractivity contribution >= 4 is 0 Å². The second-order valence-corrected chi connectivity index (χ2v) is 10.2. The molecular weight excluding hydrogens is 725 g/mol. The summed E-state index contributed by atoms with van der Waals surface area (Å²) >= 11 is 0. The van der Waals surface area contributed by atoms with Crippen molar-refractivity contribution in [2.45, 2.75) is 87.9 Å². The molecule has 0 spiro atoms. The van der Waals surface area contributed by atoms with Crippen LogP contribution in [0.4, 0.5) is 65.9 Å². The highest BCUT2D eigenvalue weighted by atomic mass is 19.4. The van der Waals surface area contributed by atoms with Crippen LogP contribution < -0.4 is 4.74 Å². The van der Waals surface area contributed by atoms with E-state index in [2.05, 4.69) is 38.2 Å². The molecule has 2 rings (SSSR count). The van der Waals surface area contributed by atoms with E-state index in [9.17, 15) is 65.9 Å². The van der Waals surface area contributed by atoms with Gasteiger partial charge in [-0.05, 0) is 37.1 Å². The summed E-state index contributed by atoms with van der Waals surface area (Å²) < 4.78 is 210. The monoisotopic (exact) mass is 752 g/mol. The molecular formula is C29H27F15N2O4. The maximum atomic E-state index is 13.7. The van der Waals surface area contributed by atoms with Crippen LogP contribution in [0.3, 0.4) is 0 Å². The van der Waals surface area contributed by atoms with Crippen LogP contribution in [0.5, 0.6) is 5.75 Å². The van der Waals surface area contributed by atoms with Gasteiger partial charge in [-0.3, -0.25) is 0 Å². The van der Waals surface area contributed by atoms with Gasteiger partial charge in [0.05, 0.1) is 19.0 Å². The lowest BCUT2D eigenvalue weighted by Crippen LogP contribution is -2.64. The number of aromatic nitrogens is 2. The second-order valence-electron chi connectivity index (χ2n) is 10.2. The molecule has 0 fully saturated rings. The lowest BCUT2D eigenvalue weighted by atomic mass is 10.1. The lowest BCUT2D eigenvalue weighted by molar-refractivity contribution is -0.543. The number of halogens is 15. The van der Waals surface area contributed by atoms with Crippen molar-refractivity contribution in [3.8, 4) is 29.0 Å². The summed E-state index contributed by atoms with van der Waals surface area (Å²) in [7, 11) is 0. The number of nitrogens with zero attached hydrogens (tertiary/aromatic N) is 2. The van der Waals surface area contributed by atoms with Gasteiger partial charge >= 0.3 is 42.5 Å². The fraction of sp³-hybridized carbons (Fsp3) is 0.586. The summed E-state index contributed by atoms with van der Waals surface area (Å²) in [6.45, 7) is -0.329. The molecule has 0 bridgehead atoms. The Balaban J connectivity index is 1.84. The van der Waals surface area contributed by atoms with E-state index < -0.39 is 55.7 Å². The maximum absolute atomic E-state index is 13.7. The van der Waals surface area contributed by atoms with E-state index in [0.29, 0.717) is 29.3 Å². The summed E-state index contributed by atoms with van der Waals surface area (Å²) in [6, 6.07) is 6.53. The molecule has 1 aromatic carbocycles. The van der Waals surface area contributed by atoms with Crippen molar-refractivity contribution in [3.05, 3.63) is 42.2 Å². The topological polar surface area (TPSA) is 62.7 Å². The summed E-state index contributed by atoms with van der Waals surface area (Å²) in [5.41, 5.74) is 1.14. The van der Waals surface area contributed by atoms with E-state index in [0.717, 1.165) is 25.7 Å². The minimum absolute atomic E-state index is 0.0505. The molecule has 0 aliphatic heterocycles. The molecule has 1 aromatic heterocycles. The molecule has 0 N–H and O–H groups in total. The molecule has 0 aliphatic rings. The number of ether oxygens (including phenoxy) is 4. The number of rotatable bonds is 19. The molecule has 0 saturated carbocycles. The van der Waals surface area contributed by atoms with Crippen molar-refractivity contribution in [1.29, 1.82) is 0 Å². The highest BCUT2D eigenvalue weighted by molar-refractivity contribution is 5.56. The summed E-state index contributed by atoms with van der Waals surface area (Å²) in [5.74, 6) is -9.47. The Morgan fingerprint density at radius 3 is 1.78 bits per heavy atom. The van der Waals surface area contributed by atoms with E-state index in [4.69, 9.17) is 4.74 Å². The summed E-state index contributed by atoms with van der Waals surface area (Å²) in [5, 5.41) is 0. The quantitative estimate of drug-likeness (QED) is 0.0810. The highest BCUT2D eigenvalue weighted by Crippen LogP contribution is 2.56. The molecule has 0 saturated heterocycles. The van der Waals surface area contributed by atoms with Crippen LogP contribution in [0.15, 0.2) is 36.7 Å². The van der Waals surface area contributed by atoms with Crippen molar-refractivity contribution < 1.29 is 84.8 Å². The average Bonchev–Trinajstić information content (AvgIpc) is 2.99. The Bertz CT molecular complexity index is 1410. The molecule has 0 radical (unpaired) electrons. The fourth-order valence-electron chi connectivity index (χ4n) is 3.50. The first kappa shape index (κ1) is 42.7. The predicted octanol–water partition coefficient (Wildman–Crippen LogP) is 9.49. The van der Waals surface area contributed by atoms with E-state index in [1.54, 1.807) is 29.0 Å². The normalized spacial score (nSPS) is 13.6. The SMILES string of the molecule is CCCCCCOc1cnc(-c2ccc(C#CCCCOCC(F)(F)OC(F)(F)C(F)(F)OC(F)(F)C(F)(F)C(F)(F)C(F)(F)F)cc2)nc1. The zero-order valence-corrected chi connectivity index (χ0v) is 25.5. The van der Waals surface area contributed by atoms with E-state index in [1.165, 1.54) is 12.4 Å². The molecule has 50 heavy (non-hydrogen) atoms. The van der Waals surface area contributed by atoms with E-state index >= 15 is 0 Å². The zero-order valence-electron chi connectivity index (χ0n) is 25.5. The molecule has 282 valence electrons. The van der Waals surface area contributed by atoms with Crippen LogP contribution in [0, 0.1) is 11.8 Å². The number of unbranched alkanes of at least 4 members (excludes halogenated alkanes) is 4. The van der Waals surface area contributed by atoms with Crippen molar-refractivity contribution in [1.82, 2.24) is 9.97 Å². The van der Waals surface area contributed by atoms with E-state index in [1.807, 2.05) is 0 Å². The van der Waals surface area contributed by atoms with Crippen molar-refractivity contribution in [2.75, 3.05) is 19.8 Å². The third-order valence-corrected chi connectivity index (χ3v) is 6.12. The lowest BCUT2D eigenvalue weighted by Gasteiger charge is -2.36. The van der Waals surface area contributed by atoms with Gasteiger partial charge in [0.1, 0.15) is 6.61 Å². The first-order valence-electron chi connectivity index (χ1n) is 14.2. The molecule has 2 aromatic rings.